The molecule has 25 heteroatoms. The largest absolute Gasteiger partial charge is 0.480 e. The SMILES string of the molecule is CC[C@H](C)[C@H](NC(=O)[C@H](CO)NC(=O)[C@H](C)NC(=O)CNC(=O)[C@@H](N)[C@@H](C)O)C(=O)N[C@@H](CCC(N)=O)C(=O)N[C@H](C(=O)N[C@H](C(=O)N[C@@H](CC(C)C)C(=O)O)[C@@H](C)O)[C@@H](C)O. The molecule has 0 aliphatic rings. The molecule has 0 fully saturated rings. The lowest BCUT2D eigenvalue weighted by molar-refractivity contribution is -0.143. The molecule has 0 aliphatic carbocycles. The van der Waals surface area contributed by atoms with Crippen molar-refractivity contribution in [2.24, 2.45) is 23.3 Å². The van der Waals surface area contributed by atoms with E-state index in [0.717, 1.165) is 13.8 Å². The van der Waals surface area contributed by atoms with E-state index in [-0.39, 0.29) is 18.8 Å². The number of aliphatic hydroxyl groups excluding tert-OH is 4. The smallest absolute Gasteiger partial charge is 0.326 e. The number of carbonyl (C=O) groups is 10. The number of nitrogens with two attached hydrogens (primary N) is 2. The molecule has 0 aromatic carbocycles. The molecule has 0 bridgehead atoms. The van der Waals surface area contributed by atoms with E-state index in [2.05, 4.69) is 42.5 Å². The quantitative estimate of drug-likeness (QED) is 0.0347. The van der Waals surface area contributed by atoms with Gasteiger partial charge in [0, 0.05) is 6.42 Å². The lowest BCUT2D eigenvalue weighted by atomic mass is 9.97. The van der Waals surface area contributed by atoms with Gasteiger partial charge in [0.2, 0.25) is 53.2 Å². The molecule has 0 heterocycles. The number of nitrogens with one attached hydrogen (secondary N) is 8. The Hall–Kier alpha value is -5.50. The fourth-order valence-electron chi connectivity index (χ4n) is 5.39. The van der Waals surface area contributed by atoms with Crippen molar-refractivity contribution in [3.63, 3.8) is 0 Å². The average Bonchev–Trinajstić information content (AvgIpc) is 3.18. The topological polar surface area (TPSA) is 420 Å². The molecule has 12 atom stereocenters. The van der Waals surface area contributed by atoms with Gasteiger partial charge in [-0.05, 0) is 52.4 Å². The van der Waals surface area contributed by atoms with Gasteiger partial charge in [-0.25, -0.2) is 4.79 Å². The third-order valence-electron chi connectivity index (χ3n) is 9.38. The number of aliphatic hydroxyl groups is 4. The van der Waals surface area contributed by atoms with E-state index in [1.807, 2.05) is 0 Å². The summed E-state index contributed by atoms with van der Waals surface area (Å²) in [7, 11) is 0. The molecule has 17 N–H and O–H groups in total. The Morgan fingerprint density at radius 2 is 1.02 bits per heavy atom. The molecule has 0 saturated carbocycles. The summed E-state index contributed by atoms with van der Waals surface area (Å²) in [5.41, 5.74) is 10.8. The minimum Gasteiger partial charge on any atom is -0.480 e. The number of carboxylic acid groups (broad SMARTS) is 1. The maximum Gasteiger partial charge on any atom is 0.326 e. The first-order valence-corrected chi connectivity index (χ1v) is 20.0. The summed E-state index contributed by atoms with van der Waals surface area (Å²) in [4.78, 5) is 127. The van der Waals surface area contributed by atoms with Crippen LogP contribution in [0.5, 0.6) is 0 Å². The van der Waals surface area contributed by atoms with Crippen molar-refractivity contribution >= 4 is 59.1 Å². The zero-order valence-electron chi connectivity index (χ0n) is 36.2. The molecular weight excluding hydrogens is 824 g/mol. The predicted molar refractivity (Wildman–Crippen MR) is 217 cm³/mol. The van der Waals surface area contributed by atoms with E-state index in [9.17, 15) is 73.5 Å². The van der Waals surface area contributed by atoms with Crippen molar-refractivity contribution in [2.45, 2.75) is 148 Å². The summed E-state index contributed by atoms with van der Waals surface area (Å²) >= 11 is 0. The van der Waals surface area contributed by atoms with E-state index in [4.69, 9.17) is 11.5 Å². The Labute approximate surface area is 359 Å². The molecule has 25 nitrogen and oxygen atoms in total. The summed E-state index contributed by atoms with van der Waals surface area (Å²) in [6.07, 6.45) is -5.14. The summed E-state index contributed by atoms with van der Waals surface area (Å²) in [6, 6.07) is -12.4. The van der Waals surface area contributed by atoms with Crippen molar-refractivity contribution in [3.8, 4) is 0 Å². The first-order chi connectivity index (χ1) is 28.7. The van der Waals surface area contributed by atoms with Gasteiger partial charge in [0.25, 0.3) is 0 Å². The zero-order valence-corrected chi connectivity index (χ0v) is 36.2. The van der Waals surface area contributed by atoms with Gasteiger partial charge >= 0.3 is 5.97 Å². The Bertz CT molecular complexity index is 1580. The van der Waals surface area contributed by atoms with Crippen molar-refractivity contribution in [1.29, 1.82) is 0 Å². The average molecular weight is 891 g/mol. The maximum atomic E-state index is 13.7. The normalized spacial score (nSPS) is 17.0. The second-order valence-electron chi connectivity index (χ2n) is 15.4. The van der Waals surface area contributed by atoms with Gasteiger partial charge in [-0.1, -0.05) is 34.1 Å². The number of rotatable bonds is 28. The van der Waals surface area contributed by atoms with Gasteiger partial charge < -0.3 is 79.5 Å². The van der Waals surface area contributed by atoms with Crippen LogP contribution in [0, 0.1) is 11.8 Å². The van der Waals surface area contributed by atoms with Crippen LogP contribution in [0.2, 0.25) is 0 Å². The van der Waals surface area contributed by atoms with Gasteiger partial charge in [0.15, 0.2) is 0 Å². The number of hydrogen-bond donors (Lipinski definition) is 15. The minimum atomic E-state index is -1.85. The van der Waals surface area contributed by atoms with Crippen LogP contribution in [-0.2, 0) is 47.9 Å². The number of primary amides is 1. The van der Waals surface area contributed by atoms with Gasteiger partial charge in [-0.2, -0.15) is 0 Å². The highest BCUT2D eigenvalue weighted by Gasteiger charge is 2.37. The number of amides is 9. The van der Waals surface area contributed by atoms with E-state index in [1.54, 1.807) is 27.7 Å². The summed E-state index contributed by atoms with van der Waals surface area (Å²) in [6.45, 7) is 9.75. The van der Waals surface area contributed by atoms with Crippen molar-refractivity contribution < 1.29 is 73.5 Å². The third kappa shape index (κ3) is 19.9. The molecule has 0 aliphatic heterocycles. The van der Waals surface area contributed by atoms with Crippen LogP contribution in [0.1, 0.15) is 81.1 Å². The number of hydrogen-bond acceptors (Lipinski definition) is 15. The molecule has 0 rings (SSSR count). The maximum absolute atomic E-state index is 13.7. The second kappa shape index (κ2) is 27.4. The summed E-state index contributed by atoms with van der Waals surface area (Å²) in [5, 5.41) is 67.8. The molecular formula is C37H66N10O15. The Morgan fingerprint density at radius 1 is 0.565 bits per heavy atom. The minimum absolute atomic E-state index is 0.0149. The molecule has 0 aromatic rings. The number of aliphatic carboxylic acids is 1. The van der Waals surface area contributed by atoms with E-state index in [1.165, 1.54) is 13.8 Å². The van der Waals surface area contributed by atoms with E-state index in [0.29, 0.717) is 0 Å². The van der Waals surface area contributed by atoms with Crippen LogP contribution in [0.4, 0.5) is 0 Å². The van der Waals surface area contributed by atoms with Gasteiger partial charge in [-0.15, -0.1) is 0 Å². The highest BCUT2D eigenvalue weighted by atomic mass is 16.4. The number of carbonyl (C=O) groups excluding carboxylic acids is 9. The van der Waals surface area contributed by atoms with Crippen LogP contribution in [-0.4, -0.2) is 164 Å². The second-order valence-corrected chi connectivity index (χ2v) is 15.4. The molecule has 0 unspecified atom stereocenters. The van der Waals surface area contributed by atoms with Crippen LogP contribution >= 0.6 is 0 Å². The monoisotopic (exact) mass is 890 g/mol. The van der Waals surface area contributed by atoms with Gasteiger partial charge in [-0.3, -0.25) is 43.2 Å². The van der Waals surface area contributed by atoms with Crippen LogP contribution in [0.25, 0.3) is 0 Å². The lowest BCUT2D eigenvalue weighted by Gasteiger charge is -2.30. The fraction of sp³-hybridized carbons (Fsp3) is 0.730. The molecule has 0 radical (unpaired) electrons. The Morgan fingerprint density at radius 3 is 1.47 bits per heavy atom. The highest BCUT2D eigenvalue weighted by molar-refractivity contribution is 5.98. The first kappa shape index (κ1) is 56.5. The Balaban J connectivity index is 6.10. The van der Waals surface area contributed by atoms with Gasteiger partial charge in [0.1, 0.15) is 48.3 Å². The number of carboxylic acids is 1. The molecule has 0 spiro atoms. The highest BCUT2D eigenvalue weighted by Crippen LogP contribution is 2.11. The van der Waals surface area contributed by atoms with Crippen molar-refractivity contribution in [3.05, 3.63) is 0 Å². The lowest BCUT2D eigenvalue weighted by Crippen LogP contribution is -2.63. The summed E-state index contributed by atoms with van der Waals surface area (Å²) < 4.78 is 0. The van der Waals surface area contributed by atoms with E-state index >= 15 is 0 Å². The summed E-state index contributed by atoms with van der Waals surface area (Å²) in [5.74, 6) is -11.2. The molecule has 9 amide bonds. The molecule has 0 aromatic heterocycles. The first-order valence-electron chi connectivity index (χ1n) is 20.0. The molecule has 62 heavy (non-hydrogen) atoms. The standard InChI is InChI=1S/C37H66N10O15/c1-9-16(4)27(45-32(56)23(14-48)44-30(54)17(5)41-25(53)13-40-33(57)26(39)18(6)49)34(58)42-21(10-11-24(38)52)31(55)46-29(20(8)51)36(60)47-28(19(7)50)35(59)43-22(37(61)62)12-15(2)3/h15-23,26-29,48-51H,9-14,39H2,1-8H3,(H2,38,52)(H,40,57)(H,41,53)(H,42,58)(H,43,59)(H,44,54)(H,45,56)(H,46,55)(H,47,60)(H,61,62)/t16-,17-,18+,19+,20+,21-,22-,23-,26-,27-,28-,29-/m0/s1. The van der Waals surface area contributed by atoms with E-state index < -0.39 is 158 Å². The molecule has 354 valence electrons. The van der Waals surface area contributed by atoms with Gasteiger partial charge in [0.05, 0.1) is 31.5 Å². The van der Waals surface area contributed by atoms with Crippen LogP contribution < -0.4 is 54.0 Å². The molecule has 0 saturated heterocycles. The van der Waals surface area contributed by atoms with Crippen molar-refractivity contribution in [2.75, 3.05) is 13.2 Å². The predicted octanol–water partition coefficient (Wildman–Crippen LogP) is -6.58. The Kier molecular flexibility index (Phi) is 25.0. The van der Waals surface area contributed by atoms with Crippen molar-refractivity contribution in [1.82, 2.24) is 42.5 Å². The third-order valence-corrected chi connectivity index (χ3v) is 9.38. The fourth-order valence-corrected chi connectivity index (χ4v) is 5.39. The van der Waals surface area contributed by atoms with Crippen LogP contribution in [0.3, 0.4) is 0 Å². The zero-order chi connectivity index (χ0) is 48.2. The van der Waals surface area contributed by atoms with Crippen LogP contribution in [0.15, 0.2) is 0 Å².